The molecule has 4 rings (SSSR count). The summed E-state index contributed by atoms with van der Waals surface area (Å²) in [6, 6.07) is 5.97. The van der Waals surface area contributed by atoms with Crippen molar-refractivity contribution >= 4 is 30.5 Å². The molecule has 7 nitrogen and oxygen atoms in total. The average Bonchev–Trinajstić information content (AvgIpc) is 3.55. The molecule has 2 aliphatic rings. The quantitative estimate of drug-likeness (QED) is 0.404. The minimum Gasteiger partial charge on any atom is -0.481 e. The Bertz CT molecular complexity index is 1040. The fourth-order valence-corrected chi connectivity index (χ4v) is 4.57. The van der Waals surface area contributed by atoms with Crippen LogP contribution in [0, 0.1) is 11.7 Å². The molecule has 33 heavy (non-hydrogen) atoms. The van der Waals surface area contributed by atoms with Gasteiger partial charge in [0.25, 0.3) is 0 Å². The van der Waals surface area contributed by atoms with E-state index in [1.54, 1.807) is 22.9 Å². The molecule has 1 N–H and O–H groups in total. The number of ketones is 1. The lowest BCUT2D eigenvalue weighted by molar-refractivity contribution is -0.137. The van der Waals surface area contributed by atoms with E-state index in [4.69, 9.17) is 17.7 Å². The van der Waals surface area contributed by atoms with Gasteiger partial charge in [-0.25, -0.2) is 4.39 Å². The van der Waals surface area contributed by atoms with Crippen LogP contribution in [-0.4, -0.2) is 55.1 Å². The zero-order chi connectivity index (χ0) is 23.4. The van der Waals surface area contributed by atoms with Crippen LogP contribution < -0.4 is 0 Å². The van der Waals surface area contributed by atoms with E-state index in [9.17, 15) is 14.0 Å². The lowest BCUT2D eigenvalue weighted by Crippen LogP contribution is -2.42. The molecule has 0 amide bonds. The number of nitrogens with zero attached hydrogens (tertiary/aromatic N) is 4. The molecule has 1 aliphatic heterocycles. The van der Waals surface area contributed by atoms with Gasteiger partial charge in [0.2, 0.25) is 0 Å². The van der Waals surface area contributed by atoms with Gasteiger partial charge in [0.1, 0.15) is 11.5 Å². The van der Waals surface area contributed by atoms with E-state index in [0.29, 0.717) is 43.7 Å². The van der Waals surface area contributed by atoms with Crippen LogP contribution in [0.1, 0.15) is 55.8 Å². The van der Waals surface area contributed by atoms with E-state index in [1.165, 1.54) is 6.07 Å². The van der Waals surface area contributed by atoms with E-state index < -0.39 is 12.0 Å². The third-order valence-electron chi connectivity index (χ3n) is 6.24. The number of piperidine rings is 1. The molecule has 2 fully saturated rings. The van der Waals surface area contributed by atoms with Gasteiger partial charge >= 0.3 is 5.97 Å². The number of unbranched alkanes of at least 4 members (excludes halogenated alkanes) is 1. The number of benzene rings is 1. The zero-order valence-electron chi connectivity index (χ0n) is 18.4. The van der Waals surface area contributed by atoms with Crippen LogP contribution in [0.3, 0.4) is 0 Å². The Hall–Kier alpha value is -2.52. The lowest BCUT2D eigenvalue weighted by atomic mass is 9.93. The Morgan fingerprint density at radius 3 is 2.76 bits per heavy atom. The van der Waals surface area contributed by atoms with Crippen molar-refractivity contribution in [2.75, 3.05) is 13.1 Å². The van der Waals surface area contributed by atoms with Gasteiger partial charge in [-0.1, -0.05) is 23.4 Å². The van der Waals surface area contributed by atoms with E-state index in [0.717, 1.165) is 24.8 Å². The molecule has 176 valence electrons. The first kappa shape index (κ1) is 23.6. The maximum absolute atomic E-state index is 14.7. The van der Waals surface area contributed by atoms with Crippen LogP contribution in [-0.2, 0) is 16.1 Å². The molecular formula is C24H29FN4O3S. The van der Waals surface area contributed by atoms with E-state index in [1.807, 2.05) is 12.3 Å². The largest absolute Gasteiger partial charge is 0.481 e. The highest BCUT2D eigenvalue weighted by molar-refractivity contribution is 7.81. The number of likely N-dealkylation sites (tertiary alicyclic amines) is 1. The van der Waals surface area contributed by atoms with Crippen molar-refractivity contribution in [2.24, 2.45) is 5.92 Å². The average molecular weight is 473 g/mol. The number of thiol groups is 1. The third-order valence-corrected chi connectivity index (χ3v) is 6.82. The van der Waals surface area contributed by atoms with Gasteiger partial charge in [0, 0.05) is 42.8 Å². The summed E-state index contributed by atoms with van der Waals surface area (Å²) < 4.78 is 16.4. The molecule has 2 atom stereocenters. The van der Waals surface area contributed by atoms with E-state index >= 15 is 0 Å². The van der Waals surface area contributed by atoms with Gasteiger partial charge in [-0.05, 0) is 49.8 Å². The monoisotopic (exact) mass is 472 g/mol. The van der Waals surface area contributed by atoms with Gasteiger partial charge in [-0.2, -0.15) is 12.6 Å². The minimum atomic E-state index is -0.797. The summed E-state index contributed by atoms with van der Waals surface area (Å²) in [6.07, 6.45) is 7.73. The Kier molecular flexibility index (Phi) is 7.60. The SMILES string of the molecule is O=C(O)CCCCn1cc(/C=C2/CN(C(C(=O)C3CC3)c3ccccc3F)CCC2S)nn1. The van der Waals surface area contributed by atoms with Crippen LogP contribution in [0.4, 0.5) is 4.39 Å². The molecule has 0 bridgehead atoms. The number of halogens is 1. The van der Waals surface area contributed by atoms with Crippen molar-refractivity contribution in [2.45, 2.75) is 56.4 Å². The molecule has 1 aromatic heterocycles. The summed E-state index contributed by atoms with van der Waals surface area (Å²) in [5, 5.41) is 17.1. The Labute approximate surface area is 198 Å². The highest BCUT2D eigenvalue weighted by atomic mass is 32.1. The standard InChI is InChI=1S/C24H29FN4O3S/c25-20-6-2-1-5-19(20)23(24(32)16-8-9-16)28-12-10-21(33)17(14-28)13-18-15-29(27-26-18)11-4-3-7-22(30)31/h1-2,5-6,13,15-16,21,23,33H,3-4,7-12,14H2,(H,30,31)/b17-13-. The van der Waals surface area contributed by atoms with Crippen molar-refractivity contribution in [3.63, 3.8) is 0 Å². The summed E-state index contributed by atoms with van der Waals surface area (Å²) in [6.45, 7) is 1.78. The number of hydrogen-bond donors (Lipinski definition) is 2. The van der Waals surface area contributed by atoms with Crippen molar-refractivity contribution in [1.29, 1.82) is 0 Å². The summed E-state index contributed by atoms with van der Waals surface area (Å²) in [5.74, 6) is -1.02. The number of Topliss-reactive ketones (excluding diaryl/α,β-unsaturated/α-hetero) is 1. The molecule has 1 aliphatic carbocycles. The van der Waals surface area contributed by atoms with E-state index in [-0.39, 0.29) is 29.2 Å². The maximum Gasteiger partial charge on any atom is 0.303 e. The molecular weight excluding hydrogens is 443 g/mol. The van der Waals surface area contributed by atoms with Gasteiger partial charge < -0.3 is 5.11 Å². The van der Waals surface area contributed by atoms with Crippen molar-refractivity contribution in [1.82, 2.24) is 19.9 Å². The Morgan fingerprint density at radius 2 is 2.03 bits per heavy atom. The maximum atomic E-state index is 14.7. The lowest BCUT2D eigenvalue weighted by Gasteiger charge is -2.37. The minimum absolute atomic E-state index is 0.0248. The third kappa shape index (κ3) is 6.09. The van der Waals surface area contributed by atoms with Gasteiger partial charge in [0.15, 0.2) is 5.78 Å². The number of carbonyl (C=O) groups excluding carboxylic acids is 1. The second-order valence-corrected chi connectivity index (χ2v) is 9.48. The second-order valence-electron chi connectivity index (χ2n) is 8.85. The number of aliphatic carboxylic acids is 1. The fourth-order valence-electron chi connectivity index (χ4n) is 4.30. The van der Waals surface area contributed by atoms with Gasteiger partial charge in [-0.3, -0.25) is 19.2 Å². The van der Waals surface area contributed by atoms with Gasteiger partial charge in [0.05, 0.1) is 12.2 Å². The predicted octanol–water partition coefficient (Wildman–Crippen LogP) is 3.78. The number of carbonyl (C=O) groups is 2. The molecule has 2 aromatic rings. The van der Waals surface area contributed by atoms with Crippen LogP contribution >= 0.6 is 12.6 Å². The number of carboxylic acid groups (broad SMARTS) is 1. The predicted molar refractivity (Wildman–Crippen MR) is 125 cm³/mol. The molecule has 1 saturated heterocycles. The van der Waals surface area contributed by atoms with Gasteiger partial charge in [-0.15, -0.1) is 5.10 Å². The second kappa shape index (κ2) is 10.6. The first-order chi connectivity index (χ1) is 15.9. The number of rotatable bonds is 10. The van der Waals surface area contributed by atoms with Crippen molar-refractivity contribution in [3.8, 4) is 0 Å². The van der Waals surface area contributed by atoms with E-state index in [2.05, 4.69) is 15.2 Å². The first-order valence-corrected chi connectivity index (χ1v) is 12.0. The molecule has 0 radical (unpaired) electrons. The van der Waals surface area contributed by atoms with Crippen LogP contribution in [0.25, 0.3) is 6.08 Å². The highest BCUT2D eigenvalue weighted by Gasteiger charge is 2.40. The van der Waals surface area contributed by atoms with Crippen LogP contribution in [0.15, 0.2) is 36.0 Å². The van der Waals surface area contributed by atoms with Crippen LogP contribution in [0.2, 0.25) is 0 Å². The normalized spacial score (nSPS) is 21.3. The van der Waals surface area contributed by atoms with Crippen molar-refractivity contribution < 1.29 is 19.1 Å². The number of hydrogen-bond acceptors (Lipinski definition) is 6. The fraction of sp³-hybridized carbons (Fsp3) is 0.500. The van der Waals surface area contributed by atoms with Crippen molar-refractivity contribution in [3.05, 3.63) is 53.1 Å². The summed E-state index contributed by atoms with van der Waals surface area (Å²) in [4.78, 5) is 25.9. The Morgan fingerprint density at radius 1 is 1.24 bits per heavy atom. The molecule has 1 saturated carbocycles. The smallest absolute Gasteiger partial charge is 0.303 e. The molecule has 1 aromatic carbocycles. The summed E-state index contributed by atoms with van der Waals surface area (Å²) in [7, 11) is 0. The Balaban J connectivity index is 1.49. The number of aromatic nitrogens is 3. The zero-order valence-corrected chi connectivity index (χ0v) is 19.3. The highest BCUT2D eigenvalue weighted by Crippen LogP contribution is 2.39. The molecule has 2 unspecified atom stereocenters. The number of aryl methyl sites for hydroxylation is 1. The van der Waals surface area contributed by atoms with Crippen LogP contribution in [0.5, 0.6) is 0 Å². The molecule has 9 heteroatoms. The topological polar surface area (TPSA) is 88.3 Å². The summed E-state index contributed by atoms with van der Waals surface area (Å²) in [5.41, 5.74) is 2.16. The number of carboxylic acids is 1. The molecule has 2 heterocycles. The first-order valence-electron chi connectivity index (χ1n) is 11.4. The summed E-state index contributed by atoms with van der Waals surface area (Å²) >= 11 is 4.74. The molecule has 0 spiro atoms.